The highest BCUT2D eigenvalue weighted by Crippen LogP contribution is 2.32. The van der Waals surface area contributed by atoms with E-state index >= 15 is 0 Å². The largest absolute Gasteiger partial charge is 0.367 e. The molecule has 24 heavy (non-hydrogen) atoms. The smallest absolute Gasteiger partial charge is 0.134 e. The second-order valence-corrected chi connectivity index (χ2v) is 7.20. The summed E-state index contributed by atoms with van der Waals surface area (Å²) in [5.74, 6) is 0.518. The van der Waals surface area contributed by atoms with Crippen molar-refractivity contribution in [1.29, 1.82) is 0 Å². The van der Waals surface area contributed by atoms with Crippen molar-refractivity contribution in [1.82, 2.24) is 20.7 Å². The molecule has 0 radical (unpaired) electrons. The fourth-order valence-electron chi connectivity index (χ4n) is 2.70. The number of nitrogens with one attached hydrogen (secondary N) is 2. The average molecular weight is 366 g/mol. The summed E-state index contributed by atoms with van der Waals surface area (Å²) in [5, 5.41) is 13.3. The van der Waals surface area contributed by atoms with E-state index in [2.05, 4.69) is 20.7 Å². The lowest BCUT2D eigenvalue weighted by atomic mass is 9.96. The van der Waals surface area contributed by atoms with Gasteiger partial charge in [0.15, 0.2) is 0 Å². The Labute approximate surface area is 148 Å². The van der Waals surface area contributed by atoms with Crippen molar-refractivity contribution < 1.29 is 8.78 Å². The molecule has 4 nitrogen and oxygen atoms in total. The number of benzene rings is 1. The molecule has 0 fully saturated rings. The molecule has 1 unspecified atom stereocenters. The van der Waals surface area contributed by atoms with Crippen molar-refractivity contribution in [3.05, 3.63) is 52.9 Å². The Morgan fingerprint density at radius 2 is 2.12 bits per heavy atom. The van der Waals surface area contributed by atoms with Crippen LogP contribution in [0.3, 0.4) is 0 Å². The predicted molar refractivity (Wildman–Crippen MR) is 95.9 cm³/mol. The van der Waals surface area contributed by atoms with Crippen LogP contribution in [0.1, 0.15) is 36.2 Å². The molecule has 1 atom stereocenters. The van der Waals surface area contributed by atoms with Gasteiger partial charge in [-0.3, -0.25) is 0 Å². The summed E-state index contributed by atoms with van der Waals surface area (Å²) in [4.78, 5) is 0.500. The van der Waals surface area contributed by atoms with Crippen LogP contribution in [-0.2, 0) is 0 Å². The maximum Gasteiger partial charge on any atom is 0.134 e. The molecule has 3 rings (SSSR count). The van der Waals surface area contributed by atoms with Gasteiger partial charge in [0.25, 0.3) is 0 Å². The standard InChI is InChI=1S/C16H16F2N4S2/c1-9(23)20-16(14-8-19-22-21-14)11-6-12(17)15(13(18)7-11)10-2-4-24-5-3-10/h2,6-8,16H,3-5H2,1H3,(H,20,23)(H,19,21,22). The van der Waals surface area contributed by atoms with Gasteiger partial charge in [-0.2, -0.15) is 27.2 Å². The number of nitrogens with zero attached hydrogens (tertiary/aromatic N) is 2. The minimum Gasteiger partial charge on any atom is -0.367 e. The molecule has 1 aliphatic rings. The van der Waals surface area contributed by atoms with Gasteiger partial charge in [-0.25, -0.2) is 8.78 Å². The van der Waals surface area contributed by atoms with Gasteiger partial charge >= 0.3 is 0 Å². The van der Waals surface area contributed by atoms with Gasteiger partial charge in [0.05, 0.1) is 17.2 Å². The van der Waals surface area contributed by atoms with Gasteiger partial charge in [-0.1, -0.05) is 18.3 Å². The van der Waals surface area contributed by atoms with E-state index in [1.165, 1.54) is 18.3 Å². The molecule has 1 aromatic carbocycles. The fourth-order valence-corrected chi connectivity index (χ4v) is 3.67. The summed E-state index contributed by atoms with van der Waals surface area (Å²) in [5.41, 5.74) is 1.72. The highest BCUT2D eigenvalue weighted by Gasteiger charge is 2.23. The van der Waals surface area contributed by atoms with Crippen molar-refractivity contribution in [3.8, 4) is 0 Å². The number of hydrogen-bond donors (Lipinski definition) is 2. The lowest BCUT2D eigenvalue weighted by Crippen LogP contribution is -2.26. The average Bonchev–Trinajstić information content (AvgIpc) is 3.07. The van der Waals surface area contributed by atoms with Crippen molar-refractivity contribution >= 4 is 34.5 Å². The minimum absolute atomic E-state index is 0.0667. The summed E-state index contributed by atoms with van der Waals surface area (Å²) in [6, 6.07) is 2.12. The molecule has 0 amide bonds. The molecule has 0 aliphatic carbocycles. The van der Waals surface area contributed by atoms with E-state index in [0.29, 0.717) is 22.7 Å². The lowest BCUT2D eigenvalue weighted by Gasteiger charge is -2.20. The number of allylic oxidation sites excluding steroid dienone is 1. The topological polar surface area (TPSA) is 53.6 Å². The summed E-state index contributed by atoms with van der Waals surface area (Å²) < 4.78 is 29.3. The third-order valence-corrected chi connectivity index (χ3v) is 4.77. The lowest BCUT2D eigenvalue weighted by molar-refractivity contribution is 0.567. The molecule has 2 heterocycles. The second kappa shape index (κ2) is 7.40. The molecule has 0 saturated heterocycles. The van der Waals surface area contributed by atoms with Gasteiger partial charge in [0, 0.05) is 11.3 Å². The van der Waals surface area contributed by atoms with E-state index in [1.807, 2.05) is 6.08 Å². The highest BCUT2D eigenvalue weighted by molar-refractivity contribution is 7.99. The Morgan fingerprint density at radius 3 is 2.67 bits per heavy atom. The zero-order valence-electron chi connectivity index (χ0n) is 13.0. The molecular weight excluding hydrogens is 350 g/mol. The van der Waals surface area contributed by atoms with Gasteiger partial charge in [-0.05, 0) is 42.4 Å². The molecule has 1 aromatic heterocycles. The van der Waals surface area contributed by atoms with Crippen LogP contribution in [0.5, 0.6) is 0 Å². The van der Waals surface area contributed by atoms with Crippen molar-refractivity contribution in [2.75, 3.05) is 11.5 Å². The SMILES string of the molecule is CC(=S)NC(c1cc(F)c(C2=CCSCC2)c(F)c1)c1cn[nH]n1. The quantitative estimate of drug-likeness (QED) is 0.810. The molecule has 1 aliphatic heterocycles. The van der Waals surface area contributed by atoms with E-state index in [1.54, 1.807) is 18.7 Å². The number of rotatable bonds is 4. The number of aromatic amines is 1. The molecule has 2 aromatic rings. The Balaban J connectivity index is 2.01. The van der Waals surface area contributed by atoms with E-state index in [4.69, 9.17) is 12.2 Å². The van der Waals surface area contributed by atoms with Crippen LogP contribution >= 0.6 is 24.0 Å². The zero-order chi connectivity index (χ0) is 17.1. The second-order valence-electron chi connectivity index (χ2n) is 5.44. The van der Waals surface area contributed by atoms with Gasteiger partial charge in [-0.15, -0.1) is 0 Å². The number of thioether (sulfide) groups is 1. The van der Waals surface area contributed by atoms with E-state index in [-0.39, 0.29) is 5.56 Å². The van der Waals surface area contributed by atoms with Crippen molar-refractivity contribution in [2.45, 2.75) is 19.4 Å². The van der Waals surface area contributed by atoms with E-state index in [0.717, 1.165) is 17.1 Å². The van der Waals surface area contributed by atoms with Crippen LogP contribution in [0.25, 0.3) is 5.57 Å². The first-order chi connectivity index (χ1) is 11.6. The molecule has 0 spiro atoms. The minimum atomic E-state index is -0.569. The van der Waals surface area contributed by atoms with Crippen LogP contribution in [0.2, 0.25) is 0 Å². The number of thiocarbonyl (C=S) groups is 1. The number of hydrogen-bond acceptors (Lipinski definition) is 4. The van der Waals surface area contributed by atoms with Gasteiger partial charge < -0.3 is 5.32 Å². The van der Waals surface area contributed by atoms with E-state index in [9.17, 15) is 8.78 Å². The third kappa shape index (κ3) is 3.64. The molecule has 2 N–H and O–H groups in total. The number of H-pyrrole nitrogens is 1. The number of aromatic nitrogens is 3. The van der Waals surface area contributed by atoms with Crippen LogP contribution < -0.4 is 5.32 Å². The summed E-state index contributed by atoms with van der Waals surface area (Å²) >= 11 is 6.83. The van der Waals surface area contributed by atoms with Crippen LogP contribution in [0.15, 0.2) is 24.4 Å². The Morgan fingerprint density at radius 1 is 1.38 bits per heavy atom. The first-order valence-electron chi connectivity index (χ1n) is 7.45. The Hall–Kier alpha value is -1.80. The normalized spacial score (nSPS) is 15.7. The van der Waals surface area contributed by atoms with Crippen LogP contribution in [-0.4, -0.2) is 31.9 Å². The predicted octanol–water partition coefficient (Wildman–Crippen LogP) is 3.63. The Kier molecular flexibility index (Phi) is 5.25. The van der Waals surface area contributed by atoms with Gasteiger partial charge in [0.2, 0.25) is 0 Å². The first kappa shape index (κ1) is 17.0. The van der Waals surface area contributed by atoms with Crippen molar-refractivity contribution in [2.24, 2.45) is 0 Å². The molecule has 0 saturated carbocycles. The van der Waals surface area contributed by atoms with Crippen molar-refractivity contribution in [3.63, 3.8) is 0 Å². The summed E-state index contributed by atoms with van der Waals surface area (Å²) in [6.07, 6.45) is 4.06. The molecule has 126 valence electrons. The third-order valence-electron chi connectivity index (χ3n) is 3.76. The molecular formula is C16H16F2N4S2. The summed E-state index contributed by atoms with van der Waals surface area (Å²) in [6.45, 7) is 1.70. The number of halogens is 2. The highest BCUT2D eigenvalue weighted by atomic mass is 32.2. The molecule has 8 heteroatoms. The Bertz CT molecular complexity index is 751. The monoisotopic (exact) mass is 366 g/mol. The maximum atomic E-state index is 14.6. The van der Waals surface area contributed by atoms with Crippen LogP contribution in [0, 0.1) is 11.6 Å². The van der Waals surface area contributed by atoms with E-state index < -0.39 is 17.7 Å². The fraction of sp³-hybridized carbons (Fsp3) is 0.312. The van der Waals surface area contributed by atoms with Crippen LogP contribution in [0.4, 0.5) is 8.78 Å². The molecule has 0 bridgehead atoms. The van der Waals surface area contributed by atoms with Gasteiger partial charge in [0.1, 0.15) is 17.3 Å². The zero-order valence-corrected chi connectivity index (χ0v) is 14.6. The summed E-state index contributed by atoms with van der Waals surface area (Å²) in [7, 11) is 0. The first-order valence-corrected chi connectivity index (χ1v) is 9.01. The maximum absolute atomic E-state index is 14.6.